The molecule has 0 aromatic heterocycles. The van der Waals surface area contributed by atoms with Crippen LogP contribution in [0.25, 0.3) is 0 Å². The van der Waals surface area contributed by atoms with Crippen LogP contribution in [0.2, 0.25) is 0 Å². The van der Waals surface area contributed by atoms with E-state index in [1.165, 1.54) is 80.9 Å². The highest BCUT2D eigenvalue weighted by Crippen LogP contribution is 2.22. The van der Waals surface area contributed by atoms with Gasteiger partial charge >= 0.3 is 0 Å². The highest BCUT2D eigenvalue weighted by molar-refractivity contribution is 5.12. The van der Waals surface area contributed by atoms with Crippen molar-refractivity contribution in [1.82, 2.24) is 10.6 Å². The first-order valence-corrected chi connectivity index (χ1v) is 13.9. The van der Waals surface area contributed by atoms with E-state index in [0.29, 0.717) is 12.1 Å². The van der Waals surface area contributed by atoms with Gasteiger partial charge in [0.2, 0.25) is 0 Å². The standard InChI is InChI=1S/2C10H19N.C7H8.C6H6/c2*1-3-8-11-10-7-5-4-6-9(10)2;1-7-5-3-2-4-6-7;1-2-4-6-5-3-1/h2*10-11H,2-8H2,1H3;2-6H,1H3;1-6H. The molecular formula is C33H52N2. The van der Waals surface area contributed by atoms with Crippen molar-refractivity contribution < 1.29 is 0 Å². The molecule has 2 aliphatic rings. The van der Waals surface area contributed by atoms with E-state index < -0.39 is 0 Å². The molecule has 0 saturated heterocycles. The predicted octanol–water partition coefficient (Wildman–Crippen LogP) is 8.65. The quantitative estimate of drug-likeness (QED) is 0.408. The lowest BCUT2D eigenvalue weighted by Crippen LogP contribution is -2.33. The van der Waals surface area contributed by atoms with Crippen molar-refractivity contribution >= 4 is 0 Å². The number of rotatable bonds is 6. The van der Waals surface area contributed by atoms with Gasteiger partial charge in [0.15, 0.2) is 0 Å². The lowest BCUT2D eigenvalue weighted by molar-refractivity contribution is 0.455. The minimum atomic E-state index is 0.628. The maximum atomic E-state index is 4.09. The largest absolute Gasteiger partial charge is 0.310 e. The summed E-state index contributed by atoms with van der Waals surface area (Å²) in [5, 5.41) is 7.04. The third kappa shape index (κ3) is 16.2. The Labute approximate surface area is 217 Å². The monoisotopic (exact) mass is 476 g/mol. The Balaban J connectivity index is 0.000000240. The average molecular weight is 477 g/mol. The topological polar surface area (TPSA) is 24.1 Å². The molecule has 2 N–H and O–H groups in total. The van der Waals surface area contributed by atoms with Crippen LogP contribution in [0.15, 0.2) is 91.0 Å². The first-order chi connectivity index (χ1) is 17.1. The van der Waals surface area contributed by atoms with Gasteiger partial charge in [-0.2, -0.15) is 0 Å². The number of benzene rings is 2. The van der Waals surface area contributed by atoms with Crippen LogP contribution in [0.5, 0.6) is 0 Å². The second-order valence-corrected chi connectivity index (χ2v) is 9.63. The fourth-order valence-corrected chi connectivity index (χ4v) is 4.21. The minimum absolute atomic E-state index is 0.628. The molecule has 35 heavy (non-hydrogen) atoms. The predicted molar refractivity (Wildman–Crippen MR) is 157 cm³/mol. The van der Waals surface area contributed by atoms with Crippen molar-refractivity contribution in [2.24, 2.45) is 0 Å². The molecule has 2 fully saturated rings. The first-order valence-electron chi connectivity index (χ1n) is 13.9. The summed E-state index contributed by atoms with van der Waals surface area (Å²) < 4.78 is 0. The minimum Gasteiger partial charge on any atom is -0.310 e. The van der Waals surface area contributed by atoms with E-state index in [4.69, 9.17) is 0 Å². The summed E-state index contributed by atoms with van der Waals surface area (Å²) in [4.78, 5) is 0. The molecule has 2 heteroatoms. The summed E-state index contributed by atoms with van der Waals surface area (Å²) in [6, 6.07) is 23.5. The third-order valence-electron chi connectivity index (χ3n) is 6.36. The van der Waals surface area contributed by atoms with E-state index in [0.717, 1.165) is 13.1 Å². The van der Waals surface area contributed by atoms with E-state index in [1.54, 1.807) is 0 Å². The van der Waals surface area contributed by atoms with Crippen molar-refractivity contribution in [2.75, 3.05) is 13.1 Å². The zero-order valence-electron chi connectivity index (χ0n) is 22.9. The lowest BCUT2D eigenvalue weighted by atomic mass is 9.91. The highest BCUT2D eigenvalue weighted by atomic mass is 14.9. The van der Waals surface area contributed by atoms with E-state index in [9.17, 15) is 0 Å². The number of hydrogen-bond donors (Lipinski definition) is 2. The molecule has 2 aliphatic carbocycles. The molecule has 2 aromatic carbocycles. The van der Waals surface area contributed by atoms with E-state index >= 15 is 0 Å². The maximum absolute atomic E-state index is 4.09. The second-order valence-electron chi connectivity index (χ2n) is 9.63. The van der Waals surface area contributed by atoms with E-state index in [1.807, 2.05) is 54.6 Å². The van der Waals surface area contributed by atoms with Crippen LogP contribution < -0.4 is 10.6 Å². The summed E-state index contributed by atoms with van der Waals surface area (Å²) in [5.74, 6) is 0. The van der Waals surface area contributed by atoms with Gasteiger partial charge < -0.3 is 10.6 Å². The molecule has 0 radical (unpaired) electrons. The van der Waals surface area contributed by atoms with Gasteiger partial charge in [-0.05, 0) is 71.4 Å². The number of nitrogens with one attached hydrogen (secondary N) is 2. The van der Waals surface area contributed by atoms with Crippen molar-refractivity contribution in [3.8, 4) is 0 Å². The second kappa shape index (κ2) is 21.1. The molecule has 2 saturated carbocycles. The van der Waals surface area contributed by atoms with E-state index in [-0.39, 0.29) is 0 Å². The smallest absolute Gasteiger partial charge is 0.0276 e. The summed E-state index contributed by atoms with van der Waals surface area (Å²) in [7, 11) is 0. The summed E-state index contributed by atoms with van der Waals surface area (Å²) in [5.41, 5.74) is 4.16. The molecule has 2 atom stereocenters. The molecule has 2 aromatic rings. The number of aryl methyl sites for hydroxylation is 1. The van der Waals surface area contributed by atoms with Gasteiger partial charge in [0.25, 0.3) is 0 Å². The Bertz CT molecular complexity index is 694. The van der Waals surface area contributed by atoms with Gasteiger partial charge in [-0.3, -0.25) is 0 Å². The van der Waals surface area contributed by atoms with Crippen LogP contribution in [0.4, 0.5) is 0 Å². The highest BCUT2D eigenvalue weighted by Gasteiger charge is 2.16. The van der Waals surface area contributed by atoms with Crippen molar-refractivity contribution in [1.29, 1.82) is 0 Å². The van der Waals surface area contributed by atoms with Crippen LogP contribution in [0.1, 0.15) is 83.6 Å². The fraction of sp³-hybridized carbons (Fsp3) is 0.515. The normalized spacial score (nSPS) is 19.2. The lowest BCUT2D eigenvalue weighted by Gasteiger charge is -2.25. The van der Waals surface area contributed by atoms with Gasteiger partial charge in [0.1, 0.15) is 0 Å². The SMILES string of the molecule is C=C1CCCCC1NCCC.C=C1CCCCC1NCCC.Cc1ccccc1.c1ccccc1. The van der Waals surface area contributed by atoms with Crippen LogP contribution in [0, 0.1) is 6.92 Å². The van der Waals surface area contributed by atoms with Crippen LogP contribution >= 0.6 is 0 Å². The molecule has 2 nitrogen and oxygen atoms in total. The van der Waals surface area contributed by atoms with E-state index in [2.05, 4.69) is 56.7 Å². The summed E-state index contributed by atoms with van der Waals surface area (Å²) in [6.45, 7) is 17.0. The molecule has 4 rings (SSSR count). The Morgan fingerprint density at radius 2 is 1.00 bits per heavy atom. The third-order valence-corrected chi connectivity index (χ3v) is 6.36. The molecule has 0 amide bonds. The molecule has 0 spiro atoms. The fourth-order valence-electron chi connectivity index (χ4n) is 4.21. The van der Waals surface area contributed by atoms with Gasteiger partial charge in [0, 0.05) is 12.1 Å². The van der Waals surface area contributed by atoms with Crippen molar-refractivity contribution in [2.45, 2.75) is 97.1 Å². The van der Waals surface area contributed by atoms with Gasteiger partial charge in [-0.15, -0.1) is 0 Å². The molecule has 0 bridgehead atoms. The number of hydrogen-bond acceptors (Lipinski definition) is 2. The van der Waals surface area contributed by atoms with Crippen LogP contribution in [0.3, 0.4) is 0 Å². The Morgan fingerprint density at radius 1 is 0.629 bits per heavy atom. The summed E-state index contributed by atoms with van der Waals surface area (Å²) >= 11 is 0. The zero-order valence-corrected chi connectivity index (χ0v) is 22.9. The molecule has 0 heterocycles. The first kappa shape index (κ1) is 30.9. The Hall–Kier alpha value is -2.16. The summed E-state index contributed by atoms with van der Waals surface area (Å²) in [6.07, 6.45) is 13.0. The maximum Gasteiger partial charge on any atom is 0.0276 e. The van der Waals surface area contributed by atoms with Crippen molar-refractivity contribution in [3.05, 3.63) is 96.6 Å². The van der Waals surface area contributed by atoms with Gasteiger partial charge in [-0.1, -0.05) is 123 Å². The Morgan fingerprint density at radius 3 is 1.29 bits per heavy atom. The van der Waals surface area contributed by atoms with Crippen molar-refractivity contribution in [3.63, 3.8) is 0 Å². The molecular weight excluding hydrogens is 424 g/mol. The van der Waals surface area contributed by atoms with Crippen LogP contribution in [-0.2, 0) is 0 Å². The Kier molecular flexibility index (Phi) is 18.7. The molecule has 0 aliphatic heterocycles. The van der Waals surface area contributed by atoms with Gasteiger partial charge in [-0.25, -0.2) is 0 Å². The average Bonchev–Trinajstić information content (AvgIpc) is 2.90. The van der Waals surface area contributed by atoms with Crippen LogP contribution in [-0.4, -0.2) is 25.2 Å². The van der Waals surface area contributed by atoms with Gasteiger partial charge in [0.05, 0.1) is 0 Å². The molecule has 2 unspecified atom stereocenters. The zero-order chi connectivity index (χ0) is 25.6. The molecule has 194 valence electrons.